The number of hydrogen-bond acceptors (Lipinski definition) is 1. The highest BCUT2D eigenvalue weighted by Gasteiger charge is 2.14. The van der Waals surface area contributed by atoms with Gasteiger partial charge in [0.15, 0.2) is 17.5 Å². The van der Waals surface area contributed by atoms with Gasteiger partial charge in [-0.1, -0.05) is 0 Å². The number of nitrogens with two attached hydrogens (primary N) is 1. The lowest BCUT2D eigenvalue weighted by Crippen LogP contribution is -2.12. The lowest BCUT2D eigenvalue weighted by atomic mass is 10.0. The highest BCUT2D eigenvalue weighted by Crippen LogP contribution is 2.19. The summed E-state index contributed by atoms with van der Waals surface area (Å²) < 4.78 is 49.7. The van der Waals surface area contributed by atoms with Crippen molar-refractivity contribution in [2.75, 3.05) is 6.67 Å². The van der Waals surface area contributed by atoms with Crippen molar-refractivity contribution in [3.8, 4) is 0 Å². The van der Waals surface area contributed by atoms with E-state index in [0.29, 0.717) is 0 Å². The van der Waals surface area contributed by atoms with Gasteiger partial charge in [-0.25, -0.2) is 13.2 Å². The maximum atomic E-state index is 12.7. The van der Waals surface area contributed by atoms with Gasteiger partial charge in [-0.05, 0) is 24.1 Å². The second-order valence-corrected chi connectivity index (χ2v) is 2.88. The van der Waals surface area contributed by atoms with Gasteiger partial charge in [0.25, 0.3) is 0 Å². The molecule has 1 rings (SSSR count). The molecule has 0 aromatic heterocycles. The lowest BCUT2D eigenvalue weighted by molar-refractivity contribution is 0.427. The number of benzene rings is 1. The van der Waals surface area contributed by atoms with Crippen LogP contribution in [-0.4, -0.2) is 6.67 Å². The maximum absolute atomic E-state index is 12.7. The van der Waals surface area contributed by atoms with Crippen LogP contribution in [0.4, 0.5) is 17.6 Å². The summed E-state index contributed by atoms with van der Waals surface area (Å²) in [4.78, 5) is 0. The molecule has 0 fully saturated rings. The van der Waals surface area contributed by atoms with Crippen LogP contribution in [-0.2, 0) is 0 Å². The van der Waals surface area contributed by atoms with E-state index in [0.717, 1.165) is 12.1 Å². The van der Waals surface area contributed by atoms with Gasteiger partial charge in [0.1, 0.15) is 0 Å². The van der Waals surface area contributed by atoms with Crippen molar-refractivity contribution >= 4 is 12.4 Å². The first-order valence-electron chi connectivity index (χ1n) is 4.02. The van der Waals surface area contributed by atoms with Gasteiger partial charge in [0, 0.05) is 6.04 Å². The van der Waals surface area contributed by atoms with Crippen LogP contribution < -0.4 is 5.73 Å². The number of alkyl halides is 1. The smallest absolute Gasteiger partial charge is 0.194 e. The van der Waals surface area contributed by atoms with E-state index >= 15 is 0 Å². The summed E-state index contributed by atoms with van der Waals surface area (Å²) >= 11 is 0. The molecule has 6 heteroatoms. The van der Waals surface area contributed by atoms with E-state index in [9.17, 15) is 17.6 Å². The second kappa shape index (κ2) is 5.92. The molecule has 1 aromatic carbocycles. The minimum atomic E-state index is -1.54. The van der Waals surface area contributed by atoms with Gasteiger partial charge in [-0.15, -0.1) is 12.4 Å². The standard InChI is InChI=1S/C9H9F4N.ClH/c10-2-1-8(14)5-3-6(11)9(13)7(12)4-5;/h3-4,8H,1-2,14H2;1H/t8-;/m0./s1. The van der Waals surface area contributed by atoms with Crippen LogP contribution >= 0.6 is 12.4 Å². The van der Waals surface area contributed by atoms with Gasteiger partial charge < -0.3 is 5.73 Å². The Balaban J connectivity index is 0.00000196. The summed E-state index contributed by atoms with van der Waals surface area (Å²) in [5.74, 6) is -4.16. The summed E-state index contributed by atoms with van der Waals surface area (Å²) in [5.41, 5.74) is 5.45. The summed E-state index contributed by atoms with van der Waals surface area (Å²) in [6.07, 6.45) is -0.0511. The van der Waals surface area contributed by atoms with Gasteiger partial charge in [-0.3, -0.25) is 4.39 Å². The number of halogens is 5. The first-order valence-corrected chi connectivity index (χ1v) is 4.02. The molecule has 0 saturated carbocycles. The highest BCUT2D eigenvalue weighted by atomic mass is 35.5. The Bertz CT molecular complexity index is 309. The molecule has 0 bridgehead atoms. The minimum Gasteiger partial charge on any atom is -0.324 e. The summed E-state index contributed by atoms with van der Waals surface area (Å²) in [6, 6.07) is 0.738. The van der Waals surface area contributed by atoms with Crippen molar-refractivity contribution in [1.82, 2.24) is 0 Å². The fourth-order valence-electron chi connectivity index (χ4n) is 1.07. The van der Waals surface area contributed by atoms with Gasteiger partial charge in [-0.2, -0.15) is 0 Å². The predicted molar refractivity (Wildman–Crippen MR) is 51.1 cm³/mol. The van der Waals surface area contributed by atoms with Crippen molar-refractivity contribution in [3.63, 3.8) is 0 Å². The van der Waals surface area contributed by atoms with E-state index < -0.39 is 30.2 Å². The first kappa shape index (κ1) is 14.2. The first-order chi connectivity index (χ1) is 6.56. The molecular weight excluding hydrogens is 234 g/mol. The van der Waals surface area contributed by atoms with Crippen molar-refractivity contribution in [2.24, 2.45) is 5.73 Å². The third kappa shape index (κ3) is 3.35. The zero-order valence-corrected chi connectivity index (χ0v) is 8.46. The summed E-state index contributed by atoms with van der Waals surface area (Å²) in [6.45, 7) is -0.693. The molecule has 0 saturated heterocycles. The molecule has 1 atom stereocenters. The van der Waals surface area contributed by atoms with Gasteiger partial charge >= 0.3 is 0 Å². The van der Waals surface area contributed by atoms with Crippen molar-refractivity contribution in [3.05, 3.63) is 35.1 Å². The van der Waals surface area contributed by atoms with Crippen LogP contribution in [0.25, 0.3) is 0 Å². The second-order valence-electron chi connectivity index (χ2n) is 2.88. The topological polar surface area (TPSA) is 26.0 Å². The fourth-order valence-corrected chi connectivity index (χ4v) is 1.07. The van der Waals surface area contributed by atoms with Crippen LogP contribution in [0, 0.1) is 17.5 Å². The predicted octanol–water partition coefficient (Wildman–Crippen LogP) is 2.89. The van der Waals surface area contributed by atoms with E-state index in [4.69, 9.17) is 5.73 Å². The maximum Gasteiger partial charge on any atom is 0.194 e. The van der Waals surface area contributed by atoms with Crippen LogP contribution in [0.2, 0.25) is 0 Å². The highest BCUT2D eigenvalue weighted by molar-refractivity contribution is 5.85. The van der Waals surface area contributed by atoms with Gasteiger partial charge in [0.05, 0.1) is 6.67 Å². The number of rotatable bonds is 3. The molecule has 0 spiro atoms. The van der Waals surface area contributed by atoms with Crippen molar-refractivity contribution in [1.29, 1.82) is 0 Å². The zero-order valence-electron chi connectivity index (χ0n) is 7.64. The Morgan fingerprint density at radius 2 is 1.60 bits per heavy atom. The Morgan fingerprint density at radius 3 is 2.00 bits per heavy atom. The quantitative estimate of drug-likeness (QED) is 0.641. The van der Waals surface area contributed by atoms with E-state index in [1.54, 1.807) is 0 Å². The fraction of sp³-hybridized carbons (Fsp3) is 0.333. The third-order valence-corrected chi connectivity index (χ3v) is 1.85. The monoisotopic (exact) mass is 243 g/mol. The normalized spacial score (nSPS) is 12.1. The van der Waals surface area contributed by atoms with Crippen LogP contribution in [0.5, 0.6) is 0 Å². The molecule has 0 amide bonds. The summed E-state index contributed by atoms with van der Waals surface area (Å²) in [7, 11) is 0. The molecule has 0 radical (unpaired) electrons. The molecule has 0 unspecified atom stereocenters. The molecule has 86 valence electrons. The minimum absolute atomic E-state index is 0. The molecule has 15 heavy (non-hydrogen) atoms. The van der Waals surface area contributed by atoms with Crippen LogP contribution in [0.1, 0.15) is 18.0 Å². The number of hydrogen-bond donors (Lipinski definition) is 1. The Labute approximate surface area is 90.7 Å². The average molecular weight is 244 g/mol. The molecule has 0 aliphatic rings. The molecule has 0 aliphatic heterocycles. The van der Waals surface area contributed by atoms with E-state index in [2.05, 4.69) is 0 Å². The lowest BCUT2D eigenvalue weighted by Gasteiger charge is -2.10. The largest absolute Gasteiger partial charge is 0.324 e. The molecular formula is C9H10ClF4N. The zero-order chi connectivity index (χ0) is 10.7. The summed E-state index contributed by atoms with van der Waals surface area (Å²) in [5, 5.41) is 0. The van der Waals surface area contributed by atoms with E-state index in [-0.39, 0.29) is 24.4 Å². The van der Waals surface area contributed by atoms with E-state index in [1.165, 1.54) is 0 Å². The SMILES string of the molecule is Cl.N[C@@H](CCF)c1cc(F)c(F)c(F)c1. The Kier molecular flexibility index (Phi) is 5.60. The molecule has 0 heterocycles. The average Bonchev–Trinajstić information content (AvgIpc) is 2.13. The molecule has 1 nitrogen and oxygen atoms in total. The molecule has 0 aliphatic carbocycles. The molecule has 2 N–H and O–H groups in total. The van der Waals surface area contributed by atoms with Crippen molar-refractivity contribution < 1.29 is 17.6 Å². The van der Waals surface area contributed by atoms with Crippen LogP contribution in [0.15, 0.2) is 12.1 Å². The van der Waals surface area contributed by atoms with Crippen LogP contribution in [0.3, 0.4) is 0 Å². The van der Waals surface area contributed by atoms with E-state index in [1.807, 2.05) is 0 Å². The Morgan fingerprint density at radius 1 is 1.13 bits per heavy atom. The van der Waals surface area contributed by atoms with Gasteiger partial charge in [0.2, 0.25) is 0 Å². The van der Waals surface area contributed by atoms with Crippen molar-refractivity contribution in [2.45, 2.75) is 12.5 Å². The molecule has 1 aromatic rings. The Hall–Kier alpha value is -0.810. The third-order valence-electron chi connectivity index (χ3n) is 1.85.